The summed E-state index contributed by atoms with van der Waals surface area (Å²) in [6, 6.07) is 22.8. The number of hydrogen-bond donors (Lipinski definition) is 0. The number of fused-ring (bicyclic) bond motifs is 1. The van der Waals surface area contributed by atoms with Crippen LogP contribution in [0.25, 0.3) is 22.2 Å². The molecule has 0 fully saturated rings. The van der Waals surface area contributed by atoms with E-state index < -0.39 is 0 Å². The molecule has 4 rings (SSSR count). The zero-order valence-corrected chi connectivity index (χ0v) is 14.3. The quantitative estimate of drug-likeness (QED) is 0.537. The van der Waals surface area contributed by atoms with Crippen LogP contribution in [0.2, 0.25) is 0 Å². The second-order valence-electron chi connectivity index (χ2n) is 6.21. The van der Waals surface area contributed by atoms with Gasteiger partial charge in [-0.3, -0.25) is 0 Å². The summed E-state index contributed by atoms with van der Waals surface area (Å²) in [5, 5.41) is 6.59. The van der Waals surface area contributed by atoms with Crippen LogP contribution in [0.3, 0.4) is 0 Å². The number of benzene rings is 3. The lowest BCUT2D eigenvalue weighted by atomic mass is 10.1. The van der Waals surface area contributed by atoms with Crippen molar-refractivity contribution in [3.8, 4) is 11.4 Å². The van der Waals surface area contributed by atoms with Crippen molar-refractivity contribution < 1.29 is 4.52 Å². The molecule has 0 spiro atoms. The minimum Gasteiger partial charge on any atom is -0.365 e. The maximum absolute atomic E-state index is 5.45. The first-order chi connectivity index (χ1) is 12.2. The van der Waals surface area contributed by atoms with E-state index >= 15 is 0 Å². The predicted octanol–water partition coefficient (Wildman–Crippen LogP) is 4.83. The molecule has 0 unspecified atom stereocenters. The molecule has 0 bridgehead atoms. The van der Waals surface area contributed by atoms with Crippen molar-refractivity contribution in [1.29, 1.82) is 0 Å². The highest BCUT2D eigenvalue weighted by atomic mass is 16.5. The molecule has 0 aliphatic carbocycles. The largest absolute Gasteiger partial charge is 0.365 e. The molecule has 0 saturated heterocycles. The molecule has 0 aliphatic rings. The summed E-state index contributed by atoms with van der Waals surface area (Å²) >= 11 is 0. The van der Waals surface area contributed by atoms with Crippen LogP contribution in [0, 0.1) is 6.92 Å². The van der Waals surface area contributed by atoms with E-state index in [1.165, 1.54) is 10.8 Å². The summed E-state index contributed by atoms with van der Waals surface area (Å²) < 4.78 is 5.45. The summed E-state index contributed by atoms with van der Waals surface area (Å²) in [7, 11) is 2.03. The highest BCUT2D eigenvalue weighted by molar-refractivity contribution is 5.85. The van der Waals surface area contributed by atoms with Crippen LogP contribution in [-0.4, -0.2) is 17.2 Å². The minimum atomic E-state index is 0.567. The van der Waals surface area contributed by atoms with Gasteiger partial charge in [-0.2, -0.15) is 4.98 Å². The van der Waals surface area contributed by atoms with Gasteiger partial charge in [-0.25, -0.2) is 0 Å². The van der Waals surface area contributed by atoms with Crippen molar-refractivity contribution in [3.05, 3.63) is 78.2 Å². The van der Waals surface area contributed by atoms with Crippen molar-refractivity contribution in [2.24, 2.45) is 0 Å². The monoisotopic (exact) mass is 329 g/mol. The van der Waals surface area contributed by atoms with E-state index in [9.17, 15) is 0 Å². The number of rotatable bonds is 4. The van der Waals surface area contributed by atoms with Gasteiger partial charge in [-0.05, 0) is 35.4 Å². The molecular weight excluding hydrogens is 310 g/mol. The fraction of sp³-hybridized carbons (Fsp3) is 0.143. The van der Waals surface area contributed by atoms with E-state index in [-0.39, 0.29) is 0 Å². The first-order valence-electron chi connectivity index (χ1n) is 8.29. The zero-order chi connectivity index (χ0) is 17.2. The van der Waals surface area contributed by atoms with Gasteiger partial charge in [0.2, 0.25) is 11.7 Å². The Hall–Kier alpha value is -3.14. The Kier molecular flexibility index (Phi) is 3.94. The van der Waals surface area contributed by atoms with Crippen molar-refractivity contribution in [3.63, 3.8) is 0 Å². The summed E-state index contributed by atoms with van der Waals surface area (Å²) in [4.78, 5) is 6.66. The Labute approximate surface area is 146 Å². The summed E-state index contributed by atoms with van der Waals surface area (Å²) in [6.45, 7) is 2.61. The lowest BCUT2D eigenvalue weighted by Gasteiger charge is -2.17. The van der Waals surface area contributed by atoms with Crippen molar-refractivity contribution >= 4 is 16.5 Å². The first-order valence-corrected chi connectivity index (χ1v) is 8.29. The molecule has 124 valence electrons. The molecule has 0 amide bonds. The average molecular weight is 329 g/mol. The Balaban J connectivity index is 1.56. The highest BCUT2D eigenvalue weighted by Gasteiger charge is 2.12. The van der Waals surface area contributed by atoms with E-state index in [0.29, 0.717) is 18.3 Å². The van der Waals surface area contributed by atoms with E-state index in [1.54, 1.807) is 0 Å². The number of aryl methyl sites for hydroxylation is 1. The number of aromatic nitrogens is 2. The van der Waals surface area contributed by atoms with Crippen molar-refractivity contribution in [1.82, 2.24) is 10.1 Å². The fourth-order valence-electron chi connectivity index (χ4n) is 2.96. The first kappa shape index (κ1) is 15.4. The third-order valence-corrected chi connectivity index (χ3v) is 4.40. The normalized spacial score (nSPS) is 11.0. The van der Waals surface area contributed by atoms with E-state index in [0.717, 1.165) is 16.8 Å². The number of hydrogen-bond acceptors (Lipinski definition) is 4. The average Bonchev–Trinajstić information content (AvgIpc) is 3.10. The molecule has 4 aromatic rings. The topological polar surface area (TPSA) is 42.2 Å². The van der Waals surface area contributed by atoms with Gasteiger partial charge in [-0.1, -0.05) is 59.8 Å². The van der Waals surface area contributed by atoms with Crippen molar-refractivity contribution in [2.75, 3.05) is 11.9 Å². The number of nitrogens with zero attached hydrogens (tertiary/aromatic N) is 3. The maximum Gasteiger partial charge on any atom is 0.246 e. The van der Waals surface area contributed by atoms with Gasteiger partial charge in [0.15, 0.2) is 0 Å². The molecule has 0 saturated carbocycles. The van der Waals surface area contributed by atoms with Gasteiger partial charge in [0.25, 0.3) is 0 Å². The Bertz CT molecular complexity index is 1020. The molecule has 4 nitrogen and oxygen atoms in total. The fourth-order valence-corrected chi connectivity index (χ4v) is 2.96. The van der Waals surface area contributed by atoms with Gasteiger partial charge in [0.1, 0.15) is 0 Å². The smallest absolute Gasteiger partial charge is 0.246 e. The molecule has 1 aromatic heterocycles. The highest BCUT2D eigenvalue weighted by Crippen LogP contribution is 2.24. The van der Waals surface area contributed by atoms with Crippen molar-refractivity contribution in [2.45, 2.75) is 13.5 Å². The standard InChI is InChI=1S/C21H19N3O/c1-15-7-3-6-10-19(15)21-22-20(25-23-21)14-24(2)18-12-11-16-8-4-5-9-17(16)13-18/h3-13H,14H2,1-2H3. The SMILES string of the molecule is Cc1ccccc1-c1noc(CN(C)c2ccc3ccccc3c2)n1. The van der Waals surface area contributed by atoms with Gasteiger partial charge in [-0.15, -0.1) is 0 Å². The third-order valence-electron chi connectivity index (χ3n) is 4.40. The zero-order valence-electron chi connectivity index (χ0n) is 14.3. The second-order valence-corrected chi connectivity index (χ2v) is 6.21. The third kappa shape index (κ3) is 3.11. The van der Waals surface area contributed by atoms with Crippen LogP contribution in [-0.2, 0) is 6.54 Å². The van der Waals surface area contributed by atoms with E-state index in [1.807, 2.05) is 38.2 Å². The Morgan fingerprint density at radius 3 is 2.52 bits per heavy atom. The molecule has 3 aromatic carbocycles. The minimum absolute atomic E-state index is 0.567. The molecule has 0 radical (unpaired) electrons. The van der Waals surface area contributed by atoms with Crippen LogP contribution in [0.1, 0.15) is 11.5 Å². The maximum atomic E-state index is 5.45. The van der Waals surface area contributed by atoms with Gasteiger partial charge >= 0.3 is 0 Å². The summed E-state index contributed by atoms with van der Waals surface area (Å²) in [5.41, 5.74) is 3.26. The van der Waals surface area contributed by atoms with E-state index in [2.05, 4.69) is 57.5 Å². The Morgan fingerprint density at radius 2 is 1.68 bits per heavy atom. The molecule has 0 aliphatic heterocycles. The van der Waals surface area contributed by atoms with Crippen LogP contribution < -0.4 is 4.90 Å². The molecule has 4 heteroatoms. The van der Waals surface area contributed by atoms with Gasteiger partial charge < -0.3 is 9.42 Å². The van der Waals surface area contributed by atoms with E-state index in [4.69, 9.17) is 4.52 Å². The summed E-state index contributed by atoms with van der Waals surface area (Å²) in [5.74, 6) is 1.24. The molecule has 1 heterocycles. The second kappa shape index (κ2) is 6.40. The molecule has 25 heavy (non-hydrogen) atoms. The summed E-state index contributed by atoms with van der Waals surface area (Å²) in [6.07, 6.45) is 0. The Morgan fingerprint density at radius 1 is 0.920 bits per heavy atom. The van der Waals surface area contributed by atoms with Crippen LogP contribution >= 0.6 is 0 Å². The molecule has 0 atom stereocenters. The van der Waals surface area contributed by atoms with Crippen LogP contribution in [0.5, 0.6) is 0 Å². The number of anilines is 1. The molecule has 0 N–H and O–H groups in total. The molecular formula is C21H19N3O. The van der Waals surface area contributed by atoms with Crippen LogP contribution in [0.15, 0.2) is 71.3 Å². The predicted molar refractivity (Wildman–Crippen MR) is 101 cm³/mol. The van der Waals surface area contributed by atoms with Gasteiger partial charge in [0.05, 0.1) is 6.54 Å². The van der Waals surface area contributed by atoms with Gasteiger partial charge in [0, 0.05) is 18.3 Å². The lowest BCUT2D eigenvalue weighted by Crippen LogP contribution is -2.16. The lowest BCUT2D eigenvalue weighted by molar-refractivity contribution is 0.378. The van der Waals surface area contributed by atoms with Crippen LogP contribution in [0.4, 0.5) is 5.69 Å².